The van der Waals surface area contributed by atoms with Crippen LogP contribution in [0.25, 0.3) is 11.3 Å². The molecule has 0 unspecified atom stereocenters. The third-order valence-corrected chi connectivity index (χ3v) is 6.64. The predicted molar refractivity (Wildman–Crippen MR) is 128 cm³/mol. The molecule has 1 N–H and O–H groups in total. The Hall–Kier alpha value is -3.49. The van der Waals surface area contributed by atoms with Crippen LogP contribution in [-0.4, -0.2) is 29.2 Å². The fraction of sp³-hybridized carbons (Fsp3) is 0.200. The van der Waals surface area contributed by atoms with Crippen LogP contribution in [0.3, 0.4) is 0 Å². The standard InChI is InChI=1S/C25H26N4O3S/c1-18-6-4-5-7-24(18)25-19(2)20(14-29(25)15-22-12-13-26-17-27-22)16-32-28-21-8-10-23(11-9-21)33(3,30)31/h4-14,17,28H,15-16H2,1-3H3. The highest BCUT2D eigenvalue weighted by atomic mass is 32.2. The minimum absolute atomic E-state index is 0.272. The zero-order valence-corrected chi connectivity index (χ0v) is 19.6. The number of sulfone groups is 1. The average Bonchev–Trinajstić information content (AvgIpc) is 3.09. The number of hydrogen-bond donors (Lipinski definition) is 1. The number of aryl methyl sites for hydroxylation is 1. The van der Waals surface area contributed by atoms with Crippen molar-refractivity contribution in [3.8, 4) is 11.3 Å². The van der Waals surface area contributed by atoms with Gasteiger partial charge in [0, 0.05) is 29.8 Å². The van der Waals surface area contributed by atoms with Crippen molar-refractivity contribution < 1.29 is 13.3 Å². The highest BCUT2D eigenvalue weighted by Crippen LogP contribution is 2.31. The lowest BCUT2D eigenvalue weighted by Gasteiger charge is -2.12. The Bertz CT molecular complexity index is 1350. The molecule has 0 radical (unpaired) electrons. The smallest absolute Gasteiger partial charge is 0.175 e. The lowest BCUT2D eigenvalue weighted by atomic mass is 10.0. The van der Waals surface area contributed by atoms with Gasteiger partial charge in [0.05, 0.1) is 28.5 Å². The van der Waals surface area contributed by atoms with Gasteiger partial charge in [-0.2, -0.15) is 0 Å². The molecule has 0 spiro atoms. The molecule has 33 heavy (non-hydrogen) atoms. The topological polar surface area (TPSA) is 86.1 Å². The highest BCUT2D eigenvalue weighted by Gasteiger charge is 2.16. The van der Waals surface area contributed by atoms with E-state index in [1.807, 2.05) is 18.2 Å². The van der Waals surface area contributed by atoms with Gasteiger partial charge in [-0.3, -0.25) is 10.3 Å². The summed E-state index contributed by atoms with van der Waals surface area (Å²) in [6.07, 6.45) is 6.58. The van der Waals surface area contributed by atoms with Crippen molar-refractivity contribution in [1.29, 1.82) is 0 Å². The fourth-order valence-electron chi connectivity index (χ4n) is 3.74. The molecule has 0 amide bonds. The van der Waals surface area contributed by atoms with Gasteiger partial charge in [0.2, 0.25) is 0 Å². The number of nitrogens with zero attached hydrogens (tertiary/aromatic N) is 3. The number of rotatable bonds is 8. The Labute approximate surface area is 194 Å². The molecule has 0 saturated heterocycles. The lowest BCUT2D eigenvalue weighted by Crippen LogP contribution is -2.03. The first-order valence-corrected chi connectivity index (χ1v) is 12.4. The molecule has 0 fully saturated rings. The number of nitrogens with one attached hydrogen (secondary N) is 1. The predicted octanol–water partition coefficient (Wildman–Crippen LogP) is 4.56. The second-order valence-corrected chi connectivity index (χ2v) is 9.97. The number of anilines is 1. The van der Waals surface area contributed by atoms with Gasteiger partial charge in [0.15, 0.2) is 9.84 Å². The summed E-state index contributed by atoms with van der Waals surface area (Å²) in [5.41, 5.74) is 10.2. The highest BCUT2D eigenvalue weighted by molar-refractivity contribution is 7.90. The van der Waals surface area contributed by atoms with Crippen molar-refractivity contribution in [3.63, 3.8) is 0 Å². The first kappa shape index (κ1) is 22.7. The van der Waals surface area contributed by atoms with E-state index >= 15 is 0 Å². The van der Waals surface area contributed by atoms with E-state index in [0.29, 0.717) is 18.8 Å². The minimum Gasteiger partial charge on any atom is -0.341 e. The normalized spacial score (nSPS) is 11.5. The minimum atomic E-state index is -3.23. The summed E-state index contributed by atoms with van der Waals surface area (Å²) in [5.74, 6) is 0. The van der Waals surface area contributed by atoms with Gasteiger partial charge in [0.1, 0.15) is 12.9 Å². The van der Waals surface area contributed by atoms with Crippen LogP contribution >= 0.6 is 0 Å². The van der Waals surface area contributed by atoms with E-state index in [0.717, 1.165) is 22.5 Å². The van der Waals surface area contributed by atoms with Crippen LogP contribution in [0, 0.1) is 13.8 Å². The van der Waals surface area contributed by atoms with Gasteiger partial charge in [-0.05, 0) is 55.3 Å². The van der Waals surface area contributed by atoms with Crippen molar-refractivity contribution >= 4 is 15.5 Å². The molecule has 0 aliphatic heterocycles. The van der Waals surface area contributed by atoms with Crippen molar-refractivity contribution in [3.05, 3.63) is 95.7 Å². The maximum absolute atomic E-state index is 11.6. The molecule has 0 atom stereocenters. The molecule has 4 aromatic rings. The Morgan fingerprint density at radius 1 is 1.03 bits per heavy atom. The second kappa shape index (κ2) is 9.56. The monoisotopic (exact) mass is 462 g/mol. The SMILES string of the molecule is Cc1ccccc1-c1c(C)c(CONc2ccc(S(C)(=O)=O)cc2)cn1Cc1ccncn1. The molecule has 7 nitrogen and oxygen atoms in total. The molecule has 0 saturated carbocycles. The van der Waals surface area contributed by atoms with Crippen LogP contribution in [0.4, 0.5) is 5.69 Å². The molecular weight excluding hydrogens is 436 g/mol. The lowest BCUT2D eigenvalue weighted by molar-refractivity contribution is 0.180. The second-order valence-electron chi connectivity index (χ2n) is 7.96. The van der Waals surface area contributed by atoms with Gasteiger partial charge in [-0.25, -0.2) is 18.4 Å². The maximum atomic E-state index is 11.6. The van der Waals surface area contributed by atoms with E-state index in [2.05, 4.69) is 52.2 Å². The average molecular weight is 463 g/mol. The van der Waals surface area contributed by atoms with Crippen molar-refractivity contribution in [2.24, 2.45) is 0 Å². The molecule has 2 aromatic heterocycles. The largest absolute Gasteiger partial charge is 0.341 e. The zero-order chi connectivity index (χ0) is 23.4. The van der Waals surface area contributed by atoms with Gasteiger partial charge < -0.3 is 4.57 Å². The van der Waals surface area contributed by atoms with E-state index < -0.39 is 9.84 Å². The molecule has 170 valence electrons. The van der Waals surface area contributed by atoms with Crippen LogP contribution in [-0.2, 0) is 27.8 Å². The molecule has 0 bridgehead atoms. The summed E-state index contributed by atoms with van der Waals surface area (Å²) in [6, 6.07) is 16.7. The van der Waals surface area contributed by atoms with E-state index in [9.17, 15) is 8.42 Å². The summed E-state index contributed by atoms with van der Waals surface area (Å²) < 4.78 is 25.4. The van der Waals surface area contributed by atoms with E-state index in [4.69, 9.17) is 4.84 Å². The van der Waals surface area contributed by atoms with Gasteiger partial charge in [0.25, 0.3) is 0 Å². The van der Waals surface area contributed by atoms with Crippen LogP contribution in [0.2, 0.25) is 0 Å². The van der Waals surface area contributed by atoms with Gasteiger partial charge in [-0.1, -0.05) is 24.3 Å². The Balaban J connectivity index is 1.57. The zero-order valence-electron chi connectivity index (χ0n) is 18.8. The molecule has 4 rings (SSSR count). The number of benzene rings is 2. The van der Waals surface area contributed by atoms with Crippen LogP contribution in [0.15, 0.2) is 78.2 Å². The third kappa shape index (κ3) is 5.30. The summed E-state index contributed by atoms with van der Waals surface area (Å²) >= 11 is 0. The van der Waals surface area contributed by atoms with E-state index in [-0.39, 0.29) is 4.90 Å². The molecular formula is C25H26N4O3S. The van der Waals surface area contributed by atoms with E-state index in [1.54, 1.807) is 36.8 Å². The van der Waals surface area contributed by atoms with Crippen molar-refractivity contribution in [1.82, 2.24) is 14.5 Å². The molecule has 0 aliphatic rings. The molecule has 2 heterocycles. The summed E-state index contributed by atoms with van der Waals surface area (Å²) in [7, 11) is -3.23. The van der Waals surface area contributed by atoms with Crippen LogP contribution < -0.4 is 5.48 Å². The van der Waals surface area contributed by atoms with Crippen molar-refractivity contribution in [2.45, 2.75) is 31.9 Å². The van der Waals surface area contributed by atoms with Gasteiger partial charge in [-0.15, -0.1) is 0 Å². The summed E-state index contributed by atoms with van der Waals surface area (Å²) in [6.45, 7) is 5.16. The van der Waals surface area contributed by atoms with Crippen LogP contribution in [0.1, 0.15) is 22.4 Å². The Kier molecular flexibility index (Phi) is 6.57. The molecule has 8 heteroatoms. The summed E-state index contributed by atoms with van der Waals surface area (Å²) in [4.78, 5) is 14.4. The van der Waals surface area contributed by atoms with Crippen molar-refractivity contribution in [2.75, 3.05) is 11.7 Å². The Morgan fingerprint density at radius 2 is 1.79 bits per heavy atom. The number of aromatic nitrogens is 3. The first-order chi connectivity index (χ1) is 15.8. The molecule has 0 aliphatic carbocycles. The number of hydrogen-bond acceptors (Lipinski definition) is 6. The van der Waals surface area contributed by atoms with E-state index in [1.165, 1.54) is 17.4 Å². The third-order valence-electron chi connectivity index (χ3n) is 5.51. The maximum Gasteiger partial charge on any atom is 0.175 e. The fourth-order valence-corrected chi connectivity index (χ4v) is 4.37. The Morgan fingerprint density at radius 3 is 2.45 bits per heavy atom. The quantitative estimate of drug-likeness (QED) is 0.387. The molecule has 2 aromatic carbocycles. The summed E-state index contributed by atoms with van der Waals surface area (Å²) in [5, 5.41) is 0. The first-order valence-electron chi connectivity index (χ1n) is 10.5. The van der Waals surface area contributed by atoms with Crippen LogP contribution in [0.5, 0.6) is 0 Å². The van der Waals surface area contributed by atoms with Gasteiger partial charge >= 0.3 is 0 Å².